The minimum atomic E-state index is -4.59. The minimum absolute atomic E-state index is 0.219. The van der Waals surface area contributed by atoms with Crippen molar-refractivity contribution in [2.45, 2.75) is 40.5 Å². The topological polar surface area (TPSA) is 170 Å². The van der Waals surface area contributed by atoms with E-state index >= 15 is 0 Å². The summed E-state index contributed by atoms with van der Waals surface area (Å²) in [6, 6.07) is 25.3. The monoisotopic (exact) mass is 724 g/mol. The summed E-state index contributed by atoms with van der Waals surface area (Å²) in [4.78, 5) is 3.14. The highest BCUT2D eigenvalue weighted by Crippen LogP contribution is 2.40. The maximum atomic E-state index is 12.5. The molecule has 0 radical (unpaired) electrons. The van der Waals surface area contributed by atoms with Crippen molar-refractivity contribution in [1.29, 1.82) is 0 Å². The van der Waals surface area contributed by atoms with Crippen molar-refractivity contribution in [3.8, 4) is 0 Å². The van der Waals surface area contributed by atoms with Crippen molar-refractivity contribution in [1.82, 2.24) is 0 Å². The fourth-order valence-corrected chi connectivity index (χ4v) is 7.98. The highest BCUT2D eigenvalue weighted by molar-refractivity contribution is 7.86. The van der Waals surface area contributed by atoms with E-state index in [9.17, 15) is 38.9 Å². The molecule has 258 valence electrons. The van der Waals surface area contributed by atoms with Crippen LogP contribution in [0.2, 0.25) is 0 Å². The van der Waals surface area contributed by atoms with Gasteiger partial charge in [0.25, 0.3) is 30.4 Å². The molecule has 11 nitrogen and oxygen atoms in total. The van der Waals surface area contributed by atoms with Gasteiger partial charge in [0, 0.05) is 42.0 Å². The summed E-state index contributed by atoms with van der Waals surface area (Å²) in [5, 5.41) is 0. The Bertz CT molecular complexity index is 2200. The van der Waals surface area contributed by atoms with Gasteiger partial charge in [-0.25, -0.2) is 0 Å². The second-order valence-electron chi connectivity index (χ2n) is 11.4. The van der Waals surface area contributed by atoms with Crippen LogP contribution in [0.1, 0.15) is 30.9 Å². The van der Waals surface area contributed by atoms with E-state index in [-0.39, 0.29) is 26.6 Å². The predicted molar refractivity (Wildman–Crippen MR) is 188 cm³/mol. The van der Waals surface area contributed by atoms with Crippen LogP contribution in [0.25, 0.3) is 0 Å². The quantitative estimate of drug-likeness (QED) is 0.110. The van der Waals surface area contributed by atoms with E-state index in [0.29, 0.717) is 30.0 Å². The van der Waals surface area contributed by atoms with Crippen LogP contribution in [0, 0.1) is 5.92 Å². The van der Waals surface area contributed by atoms with E-state index in [0.717, 1.165) is 11.3 Å². The number of anilines is 3. The van der Waals surface area contributed by atoms with Gasteiger partial charge in [0.2, 0.25) is 0 Å². The summed E-state index contributed by atoms with van der Waals surface area (Å²) in [5.41, 5.74) is 2.98. The van der Waals surface area contributed by atoms with Gasteiger partial charge in [0.15, 0.2) is 0 Å². The molecule has 4 aromatic carbocycles. The molecule has 0 amide bonds. The smallest absolute Gasteiger partial charge is 0.294 e. The first kappa shape index (κ1) is 36.0. The summed E-state index contributed by atoms with van der Waals surface area (Å²) in [6.07, 6.45) is 7.76. The van der Waals surface area contributed by atoms with Crippen LogP contribution < -0.4 is 9.80 Å². The summed E-state index contributed by atoms with van der Waals surface area (Å²) in [5.74, 6) is -0.918. The van der Waals surface area contributed by atoms with Gasteiger partial charge in [-0.1, -0.05) is 66.8 Å². The van der Waals surface area contributed by atoms with Crippen molar-refractivity contribution < 1.29 is 38.9 Å². The van der Waals surface area contributed by atoms with Crippen LogP contribution in [-0.4, -0.2) is 58.0 Å². The second-order valence-corrected chi connectivity index (χ2v) is 15.6. The summed E-state index contributed by atoms with van der Waals surface area (Å²) in [6.45, 7) is 4.79. The largest absolute Gasteiger partial charge is 0.362 e. The Morgan fingerprint density at radius 3 is 1.67 bits per heavy atom. The number of allylic oxidation sites excluding steroid dienone is 2. The molecule has 1 unspecified atom stereocenters. The van der Waals surface area contributed by atoms with Gasteiger partial charge in [0.1, 0.15) is 0 Å². The number of hydrogen-bond acceptors (Lipinski definition) is 8. The van der Waals surface area contributed by atoms with Crippen LogP contribution >= 0.6 is 0 Å². The van der Waals surface area contributed by atoms with Crippen molar-refractivity contribution in [2.75, 3.05) is 22.9 Å². The molecule has 0 saturated carbocycles. The molecule has 0 aliphatic heterocycles. The van der Waals surface area contributed by atoms with Gasteiger partial charge < -0.3 is 9.80 Å². The Hall–Kier alpha value is -4.31. The lowest BCUT2D eigenvalue weighted by Crippen LogP contribution is -2.34. The Morgan fingerprint density at radius 2 is 1.14 bits per heavy atom. The molecular weight excluding hydrogens is 689 g/mol. The fraction of sp³-hybridized carbons (Fsp3) is 0.200. The maximum absolute atomic E-state index is 12.5. The Kier molecular flexibility index (Phi) is 10.5. The van der Waals surface area contributed by atoms with Crippen LogP contribution in [0.15, 0.2) is 136 Å². The van der Waals surface area contributed by atoms with E-state index in [1.54, 1.807) is 30.3 Å². The Morgan fingerprint density at radius 1 is 0.592 bits per heavy atom. The van der Waals surface area contributed by atoms with Crippen molar-refractivity contribution in [2.24, 2.45) is 5.92 Å². The molecule has 4 aromatic rings. The molecule has 1 aliphatic rings. The standard InChI is InChI=1S/C35H36N2O9S3/c1-3-36(29-9-7-11-31(23-29)47(38,39)40)27-19-15-25(16-20-27)35(33-13-5-6-14-34(33)49(44,45)46)26-17-21-28(22-18-26)37(4-2)30-10-8-12-32(24-30)48(41,42)43/h5-25,27,35H,3-4H2,1-2H3,(H,38,39,40)(H,41,42,43)(H,44,45,46). The van der Waals surface area contributed by atoms with E-state index in [1.807, 2.05) is 72.2 Å². The van der Waals surface area contributed by atoms with Gasteiger partial charge in [-0.05, 0) is 79.6 Å². The SMILES string of the molecule is CCN(c1ccc(C(c2ccccc2S(=O)(=O)O)C2C=CC(N(CC)c3cccc(S(=O)(=O)O)c3)C=C2)cc1)c1cccc(S(=O)(=O)O)c1. The van der Waals surface area contributed by atoms with Crippen molar-refractivity contribution in [3.05, 3.63) is 132 Å². The zero-order valence-corrected chi connectivity index (χ0v) is 29.1. The number of likely N-dealkylation sites (N-methyl/N-ethyl adjacent to an activating group) is 1. The molecule has 0 heterocycles. The molecule has 0 saturated heterocycles. The maximum Gasteiger partial charge on any atom is 0.294 e. The van der Waals surface area contributed by atoms with Crippen LogP contribution in [0.3, 0.4) is 0 Å². The molecule has 0 fully saturated rings. The molecule has 1 atom stereocenters. The summed E-state index contributed by atoms with van der Waals surface area (Å²) >= 11 is 0. The number of rotatable bonds is 12. The van der Waals surface area contributed by atoms with Gasteiger partial charge in [0.05, 0.1) is 20.7 Å². The third-order valence-corrected chi connectivity index (χ3v) is 11.1. The predicted octanol–water partition coefficient (Wildman–Crippen LogP) is 6.35. The molecule has 3 N–H and O–H groups in total. The average Bonchev–Trinajstić information content (AvgIpc) is 3.06. The van der Waals surface area contributed by atoms with E-state index in [4.69, 9.17) is 0 Å². The van der Waals surface area contributed by atoms with Gasteiger partial charge in [-0.2, -0.15) is 25.3 Å². The third-order valence-electron chi connectivity index (χ3n) is 8.43. The lowest BCUT2D eigenvalue weighted by Gasteiger charge is -2.33. The molecule has 1 aliphatic carbocycles. The molecule has 14 heteroatoms. The number of benzene rings is 4. The van der Waals surface area contributed by atoms with Crippen LogP contribution in [0.4, 0.5) is 17.1 Å². The second kappa shape index (κ2) is 14.3. The number of nitrogens with zero attached hydrogens (tertiary/aromatic N) is 2. The van der Waals surface area contributed by atoms with Gasteiger partial charge >= 0.3 is 0 Å². The first-order chi connectivity index (χ1) is 23.1. The molecule has 0 spiro atoms. The first-order valence-electron chi connectivity index (χ1n) is 15.3. The molecule has 5 rings (SSSR count). The average molecular weight is 725 g/mol. The van der Waals surface area contributed by atoms with Crippen LogP contribution in [-0.2, 0) is 30.4 Å². The lowest BCUT2D eigenvalue weighted by atomic mass is 9.78. The van der Waals surface area contributed by atoms with Gasteiger partial charge in [-0.3, -0.25) is 13.7 Å². The van der Waals surface area contributed by atoms with E-state index in [2.05, 4.69) is 0 Å². The van der Waals surface area contributed by atoms with Crippen LogP contribution in [0.5, 0.6) is 0 Å². The highest BCUT2D eigenvalue weighted by atomic mass is 32.2. The molecule has 0 aromatic heterocycles. The van der Waals surface area contributed by atoms with Crippen molar-refractivity contribution in [3.63, 3.8) is 0 Å². The molecule has 0 bridgehead atoms. The summed E-state index contributed by atoms with van der Waals surface area (Å²) in [7, 11) is -13.4. The number of hydrogen-bond donors (Lipinski definition) is 3. The third kappa shape index (κ3) is 8.12. The molecule has 49 heavy (non-hydrogen) atoms. The Labute approximate surface area is 287 Å². The van der Waals surface area contributed by atoms with Crippen molar-refractivity contribution >= 4 is 47.4 Å². The summed E-state index contributed by atoms with van der Waals surface area (Å²) < 4.78 is 101. The zero-order valence-electron chi connectivity index (χ0n) is 26.6. The fourth-order valence-electron chi connectivity index (χ4n) is 6.20. The normalized spacial score (nSPS) is 17.1. The Balaban J connectivity index is 1.52. The lowest BCUT2D eigenvalue weighted by molar-refractivity contribution is 0.479. The van der Waals surface area contributed by atoms with Gasteiger partial charge in [-0.15, -0.1) is 0 Å². The first-order valence-corrected chi connectivity index (χ1v) is 19.7. The minimum Gasteiger partial charge on any atom is -0.362 e. The highest BCUT2D eigenvalue weighted by Gasteiger charge is 2.30. The van der Waals surface area contributed by atoms with E-state index in [1.165, 1.54) is 42.5 Å². The molecular formula is C35H36N2O9S3. The van der Waals surface area contributed by atoms with E-state index < -0.39 is 36.3 Å². The zero-order chi connectivity index (χ0) is 35.6.